The largest absolute Gasteiger partial charge is 0.478 e. The summed E-state index contributed by atoms with van der Waals surface area (Å²) in [6, 6.07) is 10.8. The molecule has 0 saturated carbocycles. The molecule has 128 valence electrons. The highest BCUT2D eigenvalue weighted by Gasteiger charge is 2.26. The highest BCUT2D eigenvalue weighted by atomic mass is 35.5. The number of carboxylic acid groups (broad SMARTS) is 1. The van der Waals surface area contributed by atoms with Gasteiger partial charge in [0.25, 0.3) is 0 Å². The van der Waals surface area contributed by atoms with Crippen LogP contribution in [0.1, 0.15) is 40.7 Å². The highest BCUT2D eigenvalue weighted by molar-refractivity contribution is 6.31. The zero-order valence-corrected chi connectivity index (χ0v) is 14.5. The molecule has 0 aliphatic carbocycles. The Morgan fingerprint density at radius 1 is 1.36 bits per heavy atom. The van der Waals surface area contributed by atoms with E-state index in [9.17, 15) is 9.90 Å². The fourth-order valence-electron chi connectivity index (χ4n) is 3.42. The van der Waals surface area contributed by atoms with Crippen LogP contribution < -0.4 is 0 Å². The summed E-state index contributed by atoms with van der Waals surface area (Å²) in [5.74, 6) is -0.147. The maximum Gasteiger partial charge on any atom is 0.336 e. The number of aromatic carboxylic acids is 1. The van der Waals surface area contributed by atoms with Crippen molar-refractivity contribution in [3.8, 4) is 5.69 Å². The minimum atomic E-state index is -0.939. The lowest BCUT2D eigenvalue weighted by Crippen LogP contribution is -2.10. The number of imidazole rings is 1. The fraction of sp³-hybridized carbons (Fsp3) is 0.263. The normalized spacial score (nSPS) is 17.3. The maximum atomic E-state index is 11.5. The third-order valence-electron chi connectivity index (χ3n) is 4.64. The minimum absolute atomic E-state index is 0.0981. The summed E-state index contributed by atoms with van der Waals surface area (Å²) < 4.78 is 7.85. The molecule has 25 heavy (non-hydrogen) atoms. The van der Waals surface area contributed by atoms with Gasteiger partial charge in [-0.3, -0.25) is 4.57 Å². The van der Waals surface area contributed by atoms with Gasteiger partial charge in [-0.15, -0.1) is 0 Å². The molecule has 1 aromatic heterocycles. The van der Waals surface area contributed by atoms with Crippen molar-refractivity contribution in [1.29, 1.82) is 0 Å². The predicted octanol–water partition coefficient (Wildman–Crippen LogP) is 4.54. The molecule has 0 bridgehead atoms. The molecule has 0 amide bonds. The summed E-state index contributed by atoms with van der Waals surface area (Å²) in [6.45, 7) is 2.53. The van der Waals surface area contributed by atoms with Gasteiger partial charge in [-0.05, 0) is 55.7 Å². The number of carboxylic acids is 1. The molecule has 1 saturated heterocycles. The number of halogens is 1. The molecule has 1 fully saturated rings. The molecule has 3 aromatic rings. The molecule has 4 rings (SSSR count). The van der Waals surface area contributed by atoms with Crippen molar-refractivity contribution in [1.82, 2.24) is 9.55 Å². The Balaban J connectivity index is 2.01. The Labute approximate surface area is 149 Å². The number of fused-ring (bicyclic) bond motifs is 1. The van der Waals surface area contributed by atoms with Crippen LogP contribution >= 0.6 is 11.6 Å². The molecule has 1 aliphatic rings. The van der Waals surface area contributed by atoms with Gasteiger partial charge in [0.2, 0.25) is 0 Å². The van der Waals surface area contributed by atoms with Gasteiger partial charge in [0.1, 0.15) is 11.9 Å². The first-order valence-electron chi connectivity index (χ1n) is 8.19. The van der Waals surface area contributed by atoms with Crippen LogP contribution in [0.15, 0.2) is 36.4 Å². The van der Waals surface area contributed by atoms with E-state index in [2.05, 4.69) is 0 Å². The van der Waals surface area contributed by atoms with Gasteiger partial charge in [-0.2, -0.15) is 0 Å². The fourth-order valence-corrected chi connectivity index (χ4v) is 3.59. The van der Waals surface area contributed by atoms with Crippen molar-refractivity contribution in [2.75, 3.05) is 6.61 Å². The molecule has 1 aliphatic heterocycles. The summed E-state index contributed by atoms with van der Waals surface area (Å²) in [5.41, 5.74) is 3.45. The Bertz CT molecular complexity index is 974. The zero-order valence-electron chi connectivity index (χ0n) is 13.7. The van der Waals surface area contributed by atoms with Crippen molar-refractivity contribution < 1.29 is 14.6 Å². The summed E-state index contributed by atoms with van der Waals surface area (Å²) in [6.07, 6.45) is 1.79. The predicted molar refractivity (Wildman–Crippen MR) is 95.7 cm³/mol. The second-order valence-electron chi connectivity index (χ2n) is 6.19. The quantitative estimate of drug-likeness (QED) is 0.748. The van der Waals surface area contributed by atoms with E-state index in [1.807, 2.05) is 35.8 Å². The highest BCUT2D eigenvalue weighted by Crippen LogP contribution is 2.34. The van der Waals surface area contributed by atoms with Crippen LogP contribution in [0.4, 0.5) is 0 Å². The molecule has 1 atom stereocenters. The topological polar surface area (TPSA) is 64.3 Å². The van der Waals surface area contributed by atoms with E-state index < -0.39 is 5.97 Å². The van der Waals surface area contributed by atoms with Gasteiger partial charge in [-0.1, -0.05) is 17.7 Å². The number of hydrogen-bond acceptors (Lipinski definition) is 3. The van der Waals surface area contributed by atoms with E-state index in [4.69, 9.17) is 21.3 Å². The van der Waals surface area contributed by atoms with Gasteiger partial charge >= 0.3 is 5.97 Å². The standard InChI is InChI=1S/C19H17ClN2O3/c1-11-13(19(23)24)4-2-5-15(11)22-16-8-7-12(20)10-14(16)21-18(22)17-6-3-9-25-17/h2,4-5,7-8,10,17H,3,6,9H2,1H3,(H,23,24)/t17-/m1/s1. The Hall–Kier alpha value is -2.37. The first-order valence-corrected chi connectivity index (χ1v) is 8.57. The van der Waals surface area contributed by atoms with Crippen LogP contribution in [-0.2, 0) is 4.74 Å². The van der Waals surface area contributed by atoms with E-state index in [0.717, 1.165) is 35.4 Å². The monoisotopic (exact) mass is 356 g/mol. The van der Waals surface area contributed by atoms with Gasteiger partial charge in [0.15, 0.2) is 0 Å². The molecule has 5 nitrogen and oxygen atoms in total. The smallest absolute Gasteiger partial charge is 0.336 e. The lowest BCUT2D eigenvalue weighted by molar-refractivity contribution is 0.0696. The molecule has 1 N–H and O–H groups in total. The third kappa shape index (κ3) is 2.69. The van der Waals surface area contributed by atoms with Crippen molar-refractivity contribution >= 4 is 28.6 Å². The van der Waals surface area contributed by atoms with E-state index in [0.29, 0.717) is 17.2 Å². The molecule has 6 heteroatoms. The van der Waals surface area contributed by atoms with Crippen LogP contribution in [0.25, 0.3) is 16.7 Å². The van der Waals surface area contributed by atoms with Crippen molar-refractivity contribution in [3.63, 3.8) is 0 Å². The Kier molecular flexibility index (Phi) is 3.98. The van der Waals surface area contributed by atoms with E-state index in [1.54, 1.807) is 12.1 Å². The van der Waals surface area contributed by atoms with Gasteiger partial charge in [-0.25, -0.2) is 9.78 Å². The average molecular weight is 357 g/mol. The summed E-state index contributed by atoms with van der Waals surface area (Å²) in [5, 5.41) is 10.1. The Morgan fingerprint density at radius 3 is 2.92 bits per heavy atom. The molecule has 2 heterocycles. The number of aromatic nitrogens is 2. The summed E-state index contributed by atoms with van der Waals surface area (Å²) in [7, 11) is 0. The summed E-state index contributed by atoms with van der Waals surface area (Å²) >= 11 is 6.13. The Morgan fingerprint density at radius 2 is 2.20 bits per heavy atom. The molecule has 0 radical (unpaired) electrons. The molecule has 0 spiro atoms. The number of rotatable bonds is 3. The van der Waals surface area contributed by atoms with Crippen LogP contribution in [0.5, 0.6) is 0 Å². The van der Waals surface area contributed by atoms with E-state index in [1.165, 1.54) is 0 Å². The van der Waals surface area contributed by atoms with Crippen LogP contribution in [0.3, 0.4) is 0 Å². The lowest BCUT2D eigenvalue weighted by atomic mass is 10.1. The number of hydrogen-bond donors (Lipinski definition) is 1. The summed E-state index contributed by atoms with van der Waals surface area (Å²) in [4.78, 5) is 16.3. The molecule has 0 unspecified atom stereocenters. The van der Waals surface area contributed by atoms with Crippen molar-refractivity contribution in [2.45, 2.75) is 25.9 Å². The first-order chi connectivity index (χ1) is 12.1. The number of benzene rings is 2. The van der Waals surface area contributed by atoms with Crippen molar-refractivity contribution in [3.05, 3.63) is 58.4 Å². The maximum absolute atomic E-state index is 11.5. The van der Waals surface area contributed by atoms with Crippen molar-refractivity contribution in [2.24, 2.45) is 0 Å². The second-order valence-corrected chi connectivity index (χ2v) is 6.63. The number of carbonyl (C=O) groups is 1. The third-order valence-corrected chi connectivity index (χ3v) is 4.87. The zero-order chi connectivity index (χ0) is 17.6. The molecular formula is C19H17ClN2O3. The first kappa shape index (κ1) is 16.1. The lowest BCUT2D eigenvalue weighted by Gasteiger charge is -2.16. The van der Waals surface area contributed by atoms with E-state index >= 15 is 0 Å². The average Bonchev–Trinajstić information content (AvgIpc) is 3.21. The van der Waals surface area contributed by atoms with Gasteiger partial charge in [0, 0.05) is 11.6 Å². The second kappa shape index (κ2) is 6.17. The van der Waals surface area contributed by atoms with Gasteiger partial charge in [0.05, 0.1) is 22.3 Å². The van der Waals surface area contributed by atoms with Crippen LogP contribution in [0, 0.1) is 6.92 Å². The molecule has 2 aromatic carbocycles. The van der Waals surface area contributed by atoms with Crippen LogP contribution in [-0.4, -0.2) is 27.2 Å². The van der Waals surface area contributed by atoms with Crippen LogP contribution in [0.2, 0.25) is 5.02 Å². The van der Waals surface area contributed by atoms with Gasteiger partial charge < -0.3 is 9.84 Å². The minimum Gasteiger partial charge on any atom is -0.478 e. The number of nitrogens with zero attached hydrogens (tertiary/aromatic N) is 2. The molecular weight excluding hydrogens is 340 g/mol. The SMILES string of the molecule is Cc1c(C(=O)O)cccc1-n1c([C@H]2CCCO2)nc2cc(Cl)ccc21. The number of ether oxygens (including phenoxy) is 1. The van der Waals surface area contributed by atoms with E-state index in [-0.39, 0.29) is 11.7 Å².